The maximum absolute atomic E-state index is 13.0. The van der Waals surface area contributed by atoms with Crippen LogP contribution in [0.5, 0.6) is 5.75 Å². The minimum absolute atomic E-state index is 0.125. The summed E-state index contributed by atoms with van der Waals surface area (Å²) in [5.74, 6) is -0.718. The average Bonchev–Trinajstić information content (AvgIpc) is 3.59. The molecule has 9 heteroatoms. The third-order valence-electron chi connectivity index (χ3n) is 8.93. The normalized spacial score (nSPS) is 22.4. The first kappa shape index (κ1) is 25.9. The molecule has 2 heterocycles. The van der Waals surface area contributed by atoms with Gasteiger partial charge in [-0.05, 0) is 73.1 Å². The number of ether oxygens (including phenoxy) is 1. The topological polar surface area (TPSA) is 115 Å². The minimum Gasteiger partial charge on any atom is -0.497 e. The zero-order valence-corrected chi connectivity index (χ0v) is 23.1. The molecule has 6 rings (SSSR count). The summed E-state index contributed by atoms with van der Waals surface area (Å²) in [6.45, 7) is 2.04. The molecule has 39 heavy (non-hydrogen) atoms. The maximum atomic E-state index is 13.0. The quantitative estimate of drug-likeness (QED) is 0.407. The number of nitrogens with one attached hydrogen (secondary N) is 1. The zero-order chi connectivity index (χ0) is 27.5. The highest BCUT2D eigenvalue weighted by molar-refractivity contribution is 7.90. The molecule has 2 aromatic carbocycles. The minimum atomic E-state index is -3.73. The maximum Gasteiger partial charge on any atom is 0.312 e. The molecule has 2 atom stereocenters. The summed E-state index contributed by atoms with van der Waals surface area (Å²) < 4.78 is 34.4. The SMILES string of the molecule is CCCS(=O)(=O)NC(=O)c1ccc2c(C3CCCCC3)c3n(c2c1)CC1(C(=O)O)CC1c1cc(OC)ccc1-3. The number of fused-ring (bicyclic) bond motifs is 7. The smallest absolute Gasteiger partial charge is 0.312 e. The van der Waals surface area contributed by atoms with Crippen molar-refractivity contribution in [2.45, 2.75) is 70.3 Å². The van der Waals surface area contributed by atoms with Crippen LogP contribution in [0.25, 0.3) is 22.2 Å². The average molecular weight is 551 g/mol. The lowest BCUT2D eigenvalue weighted by atomic mass is 9.81. The van der Waals surface area contributed by atoms with Crippen LogP contribution in [0.3, 0.4) is 0 Å². The second-order valence-corrected chi connectivity index (χ2v) is 13.2. The van der Waals surface area contributed by atoms with Gasteiger partial charge in [0, 0.05) is 34.5 Å². The van der Waals surface area contributed by atoms with E-state index >= 15 is 0 Å². The van der Waals surface area contributed by atoms with Crippen molar-refractivity contribution in [3.8, 4) is 17.0 Å². The van der Waals surface area contributed by atoms with Gasteiger partial charge in [-0.3, -0.25) is 9.59 Å². The summed E-state index contributed by atoms with van der Waals surface area (Å²) in [6, 6.07) is 11.3. The molecule has 0 bridgehead atoms. The van der Waals surface area contributed by atoms with Gasteiger partial charge in [0.05, 0.1) is 24.0 Å². The molecule has 2 N–H and O–H groups in total. The summed E-state index contributed by atoms with van der Waals surface area (Å²) in [6.07, 6.45) is 6.55. The number of nitrogens with zero attached hydrogens (tertiary/aromatic N) is 1. The second kappa shape index (κ2) is 9.40. The Labute approximate surface area is 228 Å². The van der Waals surface area contributed by atoms with Gasteiger partial charge in [0.1, 0.15) is 5.75 Å². The highest BCUT2D eigenvalue weighted by atomic mass is 32.2. The molecular weight excluding hydrogens is 516 g/mol. The van der Waals surface area contributed by atoms with E-state index in [1.807, 2.05) is 24.3 Å². The van der Waals surface area contributed by atoms with Crippen LogP contribution in [-0.2, 0) is 21.4 Å². The van der Waals surface area contributed by atoms with Gasteiger partial charge in [0.2, 0.25) is 10.0 Å². The number of hydrogen-bond donors (Lipinski definition) is 2. The molecule has 0 spiro atoms. The number of benzene rings is 2. The molecule has 8 nitrogen and oxygen atoms in total. The Bertz CT molecular complexity index is 1600. The fraction of sp³-hybridized carbons (Fsp3) is 0.467. The predicted octanol–water partition coefficient (Wildman–Crippen LogP) is 5.41. The lowest BCUT2D eigenvalue weighted by Gasteiger charge is -2.24. The van der Waals surface area contributed by atoms with E-state index < -0.39 is 27.3 Å². The molecule has 2 fully saturated rings. The fourth-order valence-electron chi connectivity index (χ4n) is 6.94. The Morgan fingerprint density at radius 1 is 1.13 bits per heavy atom. The van der Waals surface area contributed by atoms with E-state index in [0.29, 0.717) is 31.1 Å². The molecule has 206 valence electrons. The Morgan fingerprint density at radius 3 is 2.59 bits per heavy atom. The van der Waals surface area contributed by atoms with Gasteiger partial charge in [-0.1, -0.05) is 32.3 Å². The van der Waals surface area contributed by atoms with Crippen molar-refractivity contribution in [1.82, 2.24) is 9.29 Å². The van der Waals surface area contributed by atoms with Gasteiger partial charge in [-0.25, -0.2) is 13.1 Å². The Hall–Kier alpha value is -3.33. The summed E-state index contributed by atoms with van der Waals surface area (Å²) in [7, 11) is -2.11. The summed E-state index contributed by atoms with van der Waals surface area (Å²) in [4.78, 5) is 25.7. The third kappa shape index (κ3) is 4.22. The number of aliphatic carboxylic acids is 1. The first-order valence-electron chi connectivity index (χ1n) is 13.8. The number of aromatic nitrogens is 1. The van der Waals surface area contributed by atoms with Crippen molar-refractivity contribution in [3.05, 3.63) is 53.1 Å². The molecule has 1 aliphatic heterocycles. The molecule has 2 aliphatic carbocycles. The van der Waals surface area contributed by atoms with Crippen LogP contribution in [0.2, 0.25) is 0 Å². The first-order valence-corrected chi connectivity index (χ1v) is 15.5. The van der Waals surface area contributed by atoms with Crippen LogP contribution in [0.15, 0.2) is 36.4 Å². The van der Waals surface area contributed by atoms with E-state index in [-0.39, 0.29) is 17.2 Å². The number of carbonyl (C=O) groups excluding carboxylic acids is 1. The van der Waals surface area contributed by atoms with Gasteiger partial charge in [-0.2, -0.15) is 0 Å². The molecule has 1 aromatic heterocycles. The Morgan fingerprint density at radius 2 is 1.90 bits per heavy atom. The molecule has 2 unspecified atom stereocenters. The highest BCUT2D eigenvalue weighted by Gasteiger charge is 2.63. The number of amides is 1. The third-order valence-corrected chi connectivity index (χ3v) is 10.4. The predicted molar refractivity (Wildman–Crippen MR) is 149 cm³/mol. The van der Waals surface area contributed by atoms with E-state index in [1.165, 1.54) is 12.0 Å². The lowest BCUT2D eigenvalue weighted by Crippen LogP contribution is -2.32. The molecule has 3 aliphatic rings. The summed E-state index contributed by atoms with van der Waals surface area (Å²) in [5, 5.41) is 11.4. The van der Waals surface area contributed by atoms with Crippen LogP contribution in [-0.4, -0.2) is 42.8 Å². The summed E-state index contributed by atoms with van der Waals surface area (Å²) in [5.41, 5.74) is 4.34. The standard InChI is InChI=1S/C30H34N2O6S/c1-3-13-39(36,37)31-28(33)19-9-11-22-25(14-19)32-17-30(29(34)35)16-24(30)23-15-20(38-2)10-12-21(23)27(32)26(22)18-7-5-4-6-8-18/h9-12,14-15,18,24H,3-8,13,16-17H2,1-2H3,(H,31,33)(H,34,35). The first-order chi connectivity index (χ1) is 18.7. The number of sulfonamides is 1. The van der Waals surface area contributed by atoms with Crippen molar-refractivity contribution in [3.63, 3.8) is 0 Å². The van der Waals surface area contributed by atoms with Crippen LogP contribution in [0.4, 0.5) is 0 Å². The Kier molecular flexibility index (Phi) is 6.25. The molecule has 2 saturated carbocycles. The molecule has 1 amide bonds. The lowest BCUT2D eigenvalue weighted by molar-refractivity contribution is -0.144. The number of carboxylic acid groups (broad SMARTS) is 1. The Balaban J connectivity index is 1.59. The van der Waals surface area contributed by atoms with Gasteiger partial charge in [0.25, 0.3) is 5.91 Å². The van der Waals surface area contributed by atoms with E-state index in [4.69, 9.17) is 4.74 Å². The van der Waals surface area contributed by atoms with Crippen LogP contribution >= 0.6 is 0 Å². The van der Waals surface area contributed by atoms with Gasteiger partial charge in [-0.15, -0.1) is 0 Å². The molecule has 0 radical (unpaired) electrons. The second-order valence-electron chi connectivity index (χ2n) is 11.3. The zero-order valence-electron chi connectivity index (χ0n) is 22.3. The van der Waals surface area contributed by atoms with Gasteiger partial charge >= 0.3 is 5.97 Å². The highest BCUT2D eigenvalue weighted by Crippen LogP contribution is 2.65. The monoisotopic (exact) mass is 550 g/mol. The number of hydrogen-bond acceptors (Lipinski definition) is 5. The van der Waals surface area contributed by atoms with Crippen molar-refractivity contribution in [2.24, 2.45) is 5.41 Å². The van der Waals surface area contributed by atoms with Crippen molar-refractivity contribution in [2.75, 3.05) is 12.9 Å². The molecule has 0 saturated heterocycles. The van der Waals surface area contributed by atoms with Gasteiger partial charge < -0.3 is 14.4 Å². The number of methoxy groups -OCH3 is 1. The number of carbonyl (C=O) groups is 2. The van der Waals surface area contributed by atoms with E-state index in [0.717, 1.165) is 53.4 Å². The molecule has 3 aromatic rings. The van der Waals surface area contributed by atoms with Gasteiger partial charge in [0.15, 0.2) is 0 Å². The summed E-state index contributed by atoms with van der Waals surface area (Å²) >= 11 is 0. The number of rotatable bonds is 7. The van der Waals surface area contributed by atoms with Crippen molar-refractivity contribution in [1.29, 1.82) is 0 Å². The largest absolute Gasteiger partial charge is 0.497 e. The van der Waals surface area contributed by atoms with Crippen LogP contribution < -0.4 is 9.46 Å². The van der Waals surface area contributed by atoms with E-state index in [9.17, 15) is 23.1 Å². The number of carboxylic acids is 1. The van der Waals surface area contributed by atoms with E-state index in [1.54, 1.807) is 26.2 Å². The van der Waals surface area contributed by atoms with Crippen molar-refractivity contribution >= 4 is 32.8 Å². The molecular formula is C30H34N2O6S. The van der Waals surface area contributed by atoms with Crippen LogP contribution in [0.1, 0.15) is 85.2 Å². The van der Waals surface area contributed by atoms with E-state index in [2.05, 4.69) is 9.29 Å². The van der Waals surface area contributed by atoms with Crippen molar-refractivity contribution < 1.29 is 27.9 Å². The van der Waals surface area contributed by atoms with Crippen LogP contribution in [0, 0.1) is 5.41 Å². The fourth-order valence-corrected chi connectivity index (χ4v) is 7.98.